The van der Waals surface area contributed by atoms with Gasteiger partial charge in [0.05, 0.1) is 4.90 Å². The van der Waals surface area contributed by atoms with E-state index in [0.717, 1.165) is 5.69 Å². The molecule has 18 heavy (non-hydrogen) atoms. The van der Waals surface area contributed by atoms with Crippen molar-refractivity contribution in [1.82, 2.24) is 15.0 Å². The third kappa shape index (κ3) is 3.83. The Morgan fingerprint density at radius 3 is 2.50 bits per heavy atom. The molecule has 0 aromatic carbocycles. The van der Waals surface area contributed by atoms with Crippen molar-refractivity contribution in [2.45, 2.75) is 45.2 Å². The number of aromatic nitrogens is 1. The summed E-state index contributed by atoms with van der Waals surface area (Å²) >= 11 is 0. The zero-order chi connectivity index (χ0) is 14.0. The van der Waals surface area contributed by atoms with Crippen molar-refractivity contribution in [1.29, 1.82) is 0 Å². The van der Waals surface area contributed by atoms with Gasteiger partial charge in [-0.05, 0) is 25.5 Å². The summed E-state index contributed by atoms with van der Waals surface area (Å²) in [6.07, 6.45) is 1.52. The molecule has 5 nitrogen and oxygen atoms in total. The van der Waals surface area contributed by atoms with E-state index in [2.05, 4.69) is 15.0 Å². The summed E-state index contributed by atoms with van der Waals surface area (Å²) in [5.74, 6) is 0. The van der Waals surface area contributed by atoms with Crippen LogP contribution in [0.4, 0.5) is 0 Å². The predicted molar refractivity (Wildman–Crippen MR) is 72.8 cm³/mol. The lowest BCUT2D eigenvalue weighted by Gasteiger charge is -2.27. The molecule has 0 saturated heterocycles. The molecule has 1 rings (SSSR count). The molecule has 0 aliphatic heterocycles. The Kier molecular flexibility index (Phi) is 4.58. The Bertz CT molecular complexity index is 486. The average Bonchev–Trinajstić information content (AvgIpc) is 2.65. The topological polar surface area (TPSA) is 74.0 Å². The highest BCUT2D eigenvalue weighted by Gasteiger charge is 2.26. The van der Waals surface area contributed by atoms with Crippen LogP contribution in [0, 0.1) is 5.41 Å². The Morgan fingerprint density at radius 1 is 1.39 bits per heavy atom. The molecule has 1 unspecified atom stereocenters. The van der Waals surface area contributed by atoms with Crippen molar-refractivity contribution < 1.29 is 8.42 Å². The minimum Gasteiger partial charge on any atom is -0.363 e. The lowest BCUT2D eigenvalue weighted by atomic mass is 9.89. The molecule has 3 N–H and O–H groups in total. The fraction of sp³-hybridized carbons (Fsp3) is 0.667. The Labute approximate surface area is 109 Å². The van der Waals surface area contributed by atoms with Gasteiger partial charge in [-0.2, -0.15) is 0 Å². The molecule has 0 radical (unpaired) electrons. The first kappa shape index (κ1) is 15.2. The van der Waals surface area contributed by atoms with Gasteiger partial charge in [-0.3, -0.25) is 0 Å². The molecular formula is C12H23N3O2S. The molecule has 0 bridgehead atoms. The highest BCUT2D eigenvalue weighted by molar-refractivity contribution is 7.89. The monoisotopic (exact) mass is 273 g/mol. The summed E-state index contributed by atoms with van der Waals surface area (Å²) in [4.78, 5) is 3.22. The normalized spacial score (nSPS) is 14.7. The molecule has 0 aliphatic carbocycles. The van der Waals surface area contributed by atoms with E-state index < -0.39 is 10.0 Å². The number of hydrogen-bond acceptors (Lipinski definition) is 3. The average molecular weight is 273 g/mol. The zero-order valence-corrected chi connectivity index (χ0v) is 12.5. The van der Waals surface area contributed by atoms with Gasteiger partial charge < -0.3 is 10.3 Å². The quantitative estimate of drug-likeness (QED) is 0.760. The Morgan fingerprint density at radius 2 is 2.00 bits per heavy atom. The fourth-order valence-corrected chi connectivity index (χ4v) is 2.81. The van der Waals surface area contributed by atoms with Gasteiger partial charge >= 0.3 is 0 Å². The predicted octanol–water partition coefficient (Wildman–Crippen LogP) is 1.45. The van der Waals surface area contributed by atoms with Crippen LogP contribution < -0.4 is 10.0 Å². The number of rotatable bonds is 5. The minimum absolute atomic E-state index is 0.114. The first-order valence-corrected chi connectivity index (χ1v) is 7.49. The van der Waals surface area contributed by atoms with Crippen LogP contribution in [0.15, 0.2) is 17.2 Å². The van der Waals surface area contributed by atoms with Crippen LogP contribution in [0.1, 0.15) is 33.4 Å². The second-order valence-electron chi connectivity index (χ2n) is 5.60. The van der Waals surface area contributed by atoms with Crippen molar-refractivity contribution in [2.24, 2.45) is 5.41 Å². The molecule has 0 aliphatic rings. The van der Waals surface area contributed by atoms with Crippen LogP contribution in [0.2, 0.25) is 0 Å². The maximum Gasteiger partial charge on any atom is 0.242 e. The van der Waals surface area contributed by atoms with Crippen LogP contribution in [0.3, 0.4) is 0 Å². The number of H-pyrrole nitrogens is 1. The van der Waals surface area contributed by atoms with Crippen LogP contribution in [-0.4, -0.2) is 26.5 Å². The van der Waals surface area contributed by atoms with Crippen LogP contribution in [0.5, 0.6) is 0 Å². The molecular weight excluding hydrogens is 250 g/mol. The third-order valence-electron chi connectivity index (χ3n) is 3.02. The van der Waals surface area contributed by atoms with E-state index in [1.54, 1.807) is 6.07 Å². The molecule has 104 valence electrons. The SMILES string of the molecule is CNCc1cc(S(=O)(=O)NC(C)C(C)(C)C)c[nH]1. The largest absolute Gasteiger partial charge is 0.363 e. The fourth-order valence-electron chi connectivity index (χ4n) is 1.34. The lowest BCUT2D eigenvalue weighted by molar-refractivity contribution is 0.317. The summed E-state index contributed by atoms with van der Waals surface area (Å²) in [5.41, 5.74) is 0.735. The maximum atomic E-state index is 12.2. The van der Waals surface area contributed by atoms with Crippen molar-refractivity contribution >= 4 is 10.0 Å². The van der Waals surface area contributed by atoms with Crippen molar-refractivity contribution in [2.75, 3.05) is 7.05 Å². The van der Waals surface area contributed by atoms with Gasteiger partial charge in [0.25, 0.3) is 0 Å². The zero-order valence-electron chi connectivity index (χ0n) is 11.7. The van der Waals surface area contributed by atoms with E-state index in [1.807, 2.05) is 34.7 Å². The van der Waals surface area contributed by atoms with Crippen molar-refractivity contribution in [3.05, 3.63) is 18.0 Å². The molecule has 1 heterocycles. The van der Waals surface area contributed by atoms with Gasteiger partial charge in [-0.1, -0.05) is 20.8 Å². The third-order valence-corrected chi connectivity index (χ3v) is 4.54. The molecule has 1 aromatic heterocycles. The Hall–Kier alpha value is -0.850. The molecule has 6 heteroatoms. The van der Waals surface area contributed by atoms with Gasteiger partial charge in [0.1, 0.15) is 0 Å². The standard InChI is InChI=1S/C12H23N3O2S/c1-9(12(2,3)4)15-18(16,17)11-6-10(7-13-5)14-8-11/h6,8-9,13-15H,7H2,1-5H3. The van der Waals surface area contributed by atoms with Gasteiger partial charge in [-0.15, -0.1) is 0 Å². The minimum atomic E-state index is -3.45. The maximum absolute atomic E-state index is 12.2. The van der Waals surface area contributed by atoms with E-state index in [-0.39, 0.29) is 16.4 Å². The summed E-state index contributed by atoms with van der Waals surface area (Å²) in [7, 11) is -1.63. The van der Waals surface area contributed by atoms with E-state index in [1.165, 1.54) is 6.20 Å². The number of sulfonamides is 1. The second kappa shape index (κ2) is 5.42. The molecule has 0 saturated carbocycles. The van der Waals surface area contributed by atoms with Gasteiger partial charge in [0.15, 0.2) is 0 Å². The van der Waals surface area contributed by atoms with E-state index in [0.29, 0.717) is 6.54 Å². The first-order chi connectivity index (χ1) is 8.16. The van der Waals surface area contributed by atoms with Crippen molar-refractivity contribution in [3.8, 4) is 0 Å². The summed E-state index contributed by atoms with van der Waals surface area (Å²) in [5, 5.41) is 2.97. The highest BCUT2D eigenvalue weighted by atomic mass is 32.2. The number of nitrogens with one attached hydrogen (secondary N) is 3. The molecule has 1 aromatic rings. The summed E-state index contributed by atoms with van der Waals surface area (Å²) < 4.78 is 27.0. The highest BCUT2D eigenvalue weighted by Crippen LogP contribution is 2.21. The number of hydrogen-bond donors (Lipinski definition) is 3. The smallest absolute Gasteiger partial charge is 0.242 e. The van der Waals surface area contributed by atoms with E-state index >= 15 is 0 Å². The van der Waals surface area contributed by atoms with Crippen LogP contribution in [-0.2, 0) is 16.6 Å². The van der Waals surface area contributed by atoms with E-state index in [4.69, 9.17) is 0 Å². The molecule has 0 spiro atoms. The number of aromatic amines is 1. The summed E-state index contributed by atoms with van der Waals surface area (Å²) in [6.45, 7) is 8.50. The second-order valence-corrected chi connectivity index (χ2v) is 7.31. The van der Waals surface area contributed by atoms with Gasteiger partial charge in [0.2, 0.25) is 10.0 Å². The van der Waals surface area contributed by atoms with Crippen LogP contribution >= 0.6 is 0 Å². The molecule has 0 fully saturated rings. The lowest BCUT2D eigenvalue weighted by Crippen LogP contribution is -2.41. The van der Waals surface area contributed by atoms with Crippen LogP contribution in [0.25, 0.3) is 0 Å². The summed E-state index contributed by atoms with van der Waals surface area (Å²) in [6, 6.07) is 1.51. The van der Waals surface area contributed by atoms with Crippen molar-refractivity contribution in [3.63, 3.8) is 0 Å². The van der Waals surface area contributed by atoms with Gasteiger partial charge in [-0.25, -0.2) is 13.1 Å². The first-order valence-electron chi connectivity index (χ1n) is 6.01. The van der Waals surface area contributed by atoms with Gasteiger partial charge in [0, 0.05) is 24.5 Å². The molecule has 1 atom stereocenters. The molecule has 0 amide bonds. The van der Waals surface area contributed by atoms with E-state index in [9.17, 15) is 8.42 Å². The Balaban J connectivity index is 2.86.